The van der Waals surface area contributed by atoms with Crippen LogP contribution in [0.25, 0.3) is 0 Å². The van der Waals surface area contributed by atoms with Crippen molar-refractivity contribution in [2.75, 3.05) is 11.9 Å². The molecule has 2 N–H and O–H groups in total. The van der Waals surface area contributed by atoms with E-state index < -0.39 is 0 Å². The molecule has 0 fully saturated rings. The molecular formula is C16H15FN2O. The Kier molecular flexibility index (Phi) is 3.48. The first-order chi connectivity index (χ1) is 9.74. The molecule has 102 valence electrons. The van der Waals surface area contributed by atoms with Crippen molar-refractivity contribution in [2.24, 2.45) is 0 Å². The highest BCUT2D eigenvalue weighted by Gasteiger charge is 2.29. The molecule has 0 saturated carbocycles. The first kappa shape index (κ1) is 12.8. The Morgan fingerprint density at radius 2 is 1.85 bits per heavy atom. The minimum absolute atomic E-state index is 0.0229. The molecule has 0 radical (unpaired) electrons. The molecule has 1 atom stereocenters. The standard InChI is InChI=1S/C16H15FN2O/c17-12-7-5-11(6-8-12)9-10-18-15-13-3-1-2-4-14(13)19-16(15)20/h1-8,15,18H,9-10H2,(H,19,20). The molecule has 0 aliphatic carbocycles. The lowest BCUT2D eigenvalue weighted by molar-refractivity contribution is -0.117. The van der Waals surface area contributed by atoms with Gasteiger partial charge in [0.05, 0.1) is 0 Å². The molecule has 0 spiro atoms. The number of fused-ring (bicyclic) bond motifs is 1. The second kappa shape index (κ2) is 5.43. The van der Waals surface area contributed by atoms with Crippen molar-refractivity contribution in [3.05, 3.63) is 65.5 Å². The van der Waals surface area contributed by atoms with Gasteiger partial charge >= 0.3 is 0 Å². The Morgan fingerprint density at radius 1 is 1.10 bits per heavy atom. The van der Waals surface area contributed by atoms with Crippen LogP contribution in [0.4, 0.5) is 10.1 Å². The summed E-state index contributed by atoms with van der Waals surface area (Å²) in [4.78, 5) is 11.9. The normalized spacial score (nSPS) is 16.9. The smallest absolute Gasteiger partial charge is 0.246 e. The van der Waals surface area contributed by atoms with Crippen molar-refractivity contribution in [3.63, 3.8) is 0 Å². The lowest BCUT2D eigenvalue weighted by atomic mass is 10.1. The molecule has 1 amide bonds. The monoisotopic (exact) mass is 270 g/mol. The third kappa shape index (κ3) is 2.56. The Labute approximate surface area is 116 Å². The molecule has 20 heavy (non-hydrogen) atoms. The van der Waals surface area contributed by atoms with E-state index in [-0.39, 0.29) is 17.8 Å². The predicted octanol–water partition coefficient (Wildman–Crippen LogP) is 2.65. The number of anilines is 1. The maximum Gasteiger partial charge on any atom is 0.246 e. The van der Waals surface area contributed by atoms with Crippen LogP contribution in [0.1, 0.15) is 17.2 Å². The number of amides is 1. The van der Waals surface area contributed by atoms with Gasteiger partial charge in [0, 0.05) is 17.8 Å². The lowest BCUT2D eigenvalue weighted by Crippen LogP contribution is -2.29. The second-order valence-corrected chi connectivity index (χ2v) is 4.84. The third-order valence-corrected chi connectivity index (χ3v) is 3.47. The van der Waals surface area contributed by atoms with Crippen LogP contribution in [-0.2, 0) is 11.2 Å². The zero-order chi connectivity index (χ0) is 13.9. The van der Waals surface area contributed by atoms with Crippen LogP contribution in [-0.4, -0.2) is 12.5 Å². The molecule has 1 unspecified atom stereocenters. The third-order valence-electron chi connectivity index (χ3n) is 3.47. The quantitative estimate of drug-likeness (QED) is 0.896. The van der Waals surface area contributed by atoms with Crippen LogP contribution in [0.2, 0.25) is 0 Å². The van der Waals surface area contributed by atoms with Crippen molar-refractivity contribution in [1.82, 2.24) is 5.32 Å². The van der Waals surface area contributed by atoms with E-state index in [9.17, 15) is 9.18 Å². The van der Waals surface area contributed by atoms with Crippen molar-refractivity contribution in [1.29, 1.82) is 0 Å². The van der Waals surface area contributed by atoms with E-state index in [4.69, 9.17) is 0 Å². The fourth-order valence-corrected chi connectivity index (χ4v) is 2.42. The number of hydrogen-bond acceptors (Lipinski definition) is 2. The average Bonchev–Trinajstić information content (AvgIpc) is 2.77. The number of rotatable bonds is 4. The van der Waals surface area contributed by atoms with Gasteiger partial charge in [-0.15, -0.1) is 0 Å². The average molecular weight is 270 g/mol. The number of benzene rings is 2. The van der Waals surface area contributed by atoms with Crippen molar-refractivity contribution >= 4 is 11.6 Å². The Morgan fingerprint density at radius 3 is 2.65 bits per heavy atom. The summed E-state index contributed by atoms with van der Waals surface area (Å²) in [6.45, 7) is 0.665. The van der Waals surface area contributed by atoms with Gasteiger partial charge in [0.25, 0.3) is 0 Å². The highest BCUT2D eigenvalue weighted by atomic mass is 19.1. The lowest BCUT2D eigenvalue weighted by Gasteiger charge is -2.11. The van der Waals surface area contributed by atoms with Crippen LogP contribution < -0.4 is 10.6 Å². The van der Waals surface area contributed by atoms with Gasteiger partial charge in [-0.3, -0.25) is 4.79 Å². The second-order valence-electron chi connectivity index (χ2n) is 4.84. The van der Waals surface area contributed by atoms with Gasteiger partial charge in [-0.1, -0.05) is 30.3 Å². The van der Waals surface area contributed by atoms with Gasteiger partial charge in [0.15, 0.2) is 0 Å². The summed E-state index contributed by atoms with van der Waals surface area (Å²) >= 11 is 0. The van der Waals surface area contributed by atoms with Crippen molar-refractivity contribution in [2.45, 2.75) is 12.5 Å². The maximum atomic E-state index is 12.8. The fraction of sp³-hybridized carbons (Fsp3) is 0.188. The number of nitrogens with one attached hydrogen (secondary N) is 2. The Hall–Kier alpha value is -2.20. The predicted molar refractivity (Wildman–Crippen MR) is 75.9 cm³/mol. The molecule has 1 aliphatic heterocycles. The van der Waals surface area contributed by atoms with E-state index in [1.54, 1.807) is 12.1 Å². The summed E-state index contributed by atoms with van der Waals surface area (Å²) in [5.74, 6) is -0.254. The zero-order valence-electron chi connectivity index (χ0n) is 10.9. The van der Waals surface area contributed by atoms with Crippen LogP contribution >= 0.6 is 0 Å². The van der Waals surface area contributed by atoms with E-state index in [1.165, 1.54) is 12.1 Å². The van der Waals surface area contributed by atoms with Crippen molar-refractivity contribution < 1.29 is 9.18 Å². The first-order valence-electron chi connectivity index (χ1n) is 6.61. The SMILES string of the molecule is O=C1Nc2ccccc2C1NCCc1ccc(F)cc1. The van der Waals surface area contributed by atoms with Gasteiger partial charge in [0.2, 0.25) is 5.91 Å². The molecule has 3 rings (SSSR count). The number of halogens is 1. The Bertz CT molecular complexity index is 625. The molecule has 2 aromatic rings. The Balaban J connectivity index is 1.61. The molecule has 0 aromatic heterocycles. The van der Waals surface area contributed by atoms with E-state index in [1.807, 2.05) is 24.3 Å². The van der Waals surface area contributed by atoms with Gasteiger partial charge in [-0.25, -0.2) is 4.39 Å². The molecule has 4 heteroatoms. The summed E-state index contributed by atoms with van der Waals surface area (Å²) in [6.07, 6.45) is 0.756. The minimum Gasteiger partial charge on any atom is -0.324 e. The van der Waals surface area contributed by atoms with Gasteiger partial charge in [-0.2, -0.15) is 0 Å². The highest BCUT2D eigenvalue weighted by molar-refractivity contribution is 6.02. The van der Waals surface area contributed by atoms with Crippen LogP contribution in [0.15, 0.2) is 48.5 Å². The molecule has 2 aromatic carbocycles. The molecular weight excluding hydrogens is 255 g/mol. The zero-order valence-corrected chi connectivity index (χ0v) is 10.9. The summed E-state index contributed by atoms with van der Waals surface area (Å²) in [5, 5.41) is 6.10. The molecule has 1 heterocycles. The number of hydrogen-bond donors (Lipinski definition) is 2. The highest BCUT2D eigenvalue weighted by Crippen LogP contribution is 2.29. The summed E-state index contributed by atoms with van der Waals surface area (Å²) < 4.78 is 12.8. The van der Waals surface area contributed by atoms with Crippen molar-refractivity contribution in [3.8, 4) is 0 Å². The largest absolute Gasteiger partial charge is 0.324 e. The minimum atomic E-state index is -0.299. The number of para-hydroxylation sites is 1. The molecule has 3 nitrogen and oxygen atoms in total. The van der Waals surface area contributed by atoms with Gasteiger partial charge in [-0.05, 0) is 30.2 Å². The molecule has 1 aliphatic rings. The fourth-order valence-electron chi connectivity index (χ4n) is 2.42. The van der Waals surface area contributed by atoms with E-state index in [0.29, 0.717) is 6.54 Å². The van der Waals surface area contributed by atoms with Gasteiger partial charge in [0.1, 0.15) is 11.9 Å². The van der Waals surface area contributed by atoms with Crippen LogP contribution in [0, 0.1) is 5.82 Å². The summed E-state index contributed by atoms with van der Waals surface area (Å²) in [5.41, 5.74) is 2.90. The first-order valence-corrected chi connectivity index (χ1v) is 6.61. The van der Waals surface area contributed by atoms with E-state index >= 15 is 0 Å². The summed E-state index contributed by atoms with van der Waals surface area (Å²) in [7, 11) is 0. The number of carbonyl (C=O) groups is 1. The van der Waals surface area contributed by atoms with Crippen LogP contribution in [0.3, 0.4) is 0 Å². The topological polar surface area (TPSA) is 41.1 Å². The summed E-state index contributed by atoms with van der Waals surface area (Å²) in [6, 6.07) is 13.8. The molecule has 0 saturated heterocycles. The van der Waals surface area contributed by atoms with Crippen LogP contribution in [0.5, 0.6) is 0 Å². The molecule has 0 bridgehead atoms. The number of carbonyl (C=O) groups excluding carboxylic acids is 1. The van der Waals surface area contributed by atoms with E-state index in [2.05, 4.69) is 10.6 Å². The van der Waals surface area contributed by atoms with Gasteiger partial charge < -0.3 is 10.6 Å². The van der Waals surface area contributed by atoms with E-state index in [0.717, 1.165) is 23.2 Å². The maximum absolute atomic E-state index is 12.8.